The van der Waals surface area contributed by atoms with Crippen LogP contribution in [0.3, 0.4) is 0 Å². The highest BCUT2D eigenvalue weighted by Crippen LogP contribution is 2.37. The topological polar surface area (TPSA) is 79.4 Å². The lowest BCUT2D eigenvalue weighted by molar-refractivity contribution is 0.985. The number of hydrogen-bond donors (Lipinski definition) is 2. The average Bonchev–Trinajstić information content (AvgIpc) is 3.06. The summed E-state index contributed by atoms with van der Waals surface area (Å²) in [7, 11) is 1.80. The van der Waals surface area contributed by atoms with Crippen molar-refractivity contribution in [3.63, 3.8) is 0 Å². The number of amidine groups is 1. The summed E-state index contributed by atoms with van der Waals surface area (Å²) in [6.07, 6.45) is 3.83. The Bertz CT molecular complexity index is 858. The molecule has 2 aliphatic rings. The summed E-state index contributed by atoms with van der Waals surface area (Å²) in [6.45, 7) is 1.52. The Kier molecular flexibility index (Phi) is 3.20. The third-order valence-corrected chi connectivity index (χ3v) is 4.27. The monoisotopic (exact) mass is 326 g/mol. The Morgan fingerprint density at radius 1 is 1.35 bits per heavy atom. The van der Waals surface area contributed by atoms with Gasteiger partial charge in [0.05, 0.1) is 6.54 Å². The largest absolute Gasteiger partial charge is 0.399 e. The predicted molar refractivity (Wildman–Crippen MR) is 95.0 cm³/mol. The van der Waals surface area contributed by atoms with Gasteiger partial charge in [-0.05, 0) is 24.3 Å². The van der Waals surface area contributed by atoms with Gasteiger partial charge < -0.3 is 16.0 Å². The minimum absolute atomic E-state index is 0.592. The van der Waals surface area contributed by atoms with Crippen molar-refractivity contribution in [3.05, 3.63) is 40.5 Å². The Hall–Kier alpha value is -2.60. The van der Waals surface area contributed by atoms with Crippen molar-refractivity contribution in [2.75, 3.05) is 36.1 Å². The van der Waals surface area contributed by atoms with Crippen LogP contribution in [0.2, 0.25) is 5.02 Å². The highest BCUT2D eigenvalue weighted by molar-refractivity contribution is 6.40. The summed E-state index contributed by atoms with van der Waals surface area (Å²) in [4.78, 5) is 15.6. The van der Waals surface area contributed by atoms with E-state index in [1.165, 1.54) is 0 Å². The van der Waals surface area contributed by atoms with Crippen molar-refractivity contribution in [1.29, 1.82) is 0 Å². The van der Waals surface area contributed by atoms with E-state index in [1.807, 2.05) is 24.4 Å². The highest BCUT2D eigenvalue weighted by Gasteiger charge is 2.31. The first-order valence-electron chi connectivity index (χ1n) is 7.31. The van der Waals surface area contributed by atoms with Crippen LogP contribution in [0.25, 0.3) is 11.6 Å². The molecule has 6 nitrogen and oxygen atoms in total. The normalized spacial score (nSPS) is 15.7. The third kappa shape index (κ3) is 2.22. The molecule has 23 heavy (non-hydrogen) atoms. The Labute approximate surface area is 138 Å². The van der Waals surface area contributed by atoms with Crippen LogP contribution in [0, 0.1) is 0 Å². The molecule has 7 heteroatoms. The van der Waals surface area contributed by atoms with Crippen LogP contribution in [0.4, 0.5) is 17.5 Å². The van der Waals surface area contributed by atoms with Crippen LogP contribution < -0.4 is 16.0 Å². The third-order valence-electron chi connectivity index (χ3n) is 3.94. The number of fused-ring (bicyclic) bond motifs is 3. The zero-order valence-corrected chi connectivity index (χ0v) is 13.3. The number of rotatable bonds is 2. The van der Waals surface area contributed by atoms with E-state index in [0.29, 0.717) is 16.7 Å². The second-order valence-corrected chi connectivity index (χ2v) is 5.78. The number of nitrogens with two attached hydrogens (primary N) is 1. The molecule has 4 rings (SSSR count). The van der Waals surface area contributed by atoms with Crippen LogP contribution in [0.5, 0.6) is 0 Å². The second-order valence-electron chi connectivity index (χ2n) is 5.38. The van der Waals surface area contributed by atoms with Crippen molar-refractivity contribution in [1.82, 2.24) is 9.97 Å². The molecule has 1 aromatic carbocycles. The van der Waals surface area contributed by atoms with Gasteiger partial charge in [0.1, 0.15) is 11.7 Å². The molecule has 0 aliphatic carbocycles. The van der Waals surface area contributed by atoms with Gasteiger partial charge in [-0.1, -0.05) is 11.6 Å². The molecule has 3 heterocycles. The van der Waals surface area contributed by atoms with Crippen molar-refractivity contribution >= 4 is 46.5 Å². The summed E-state index contributed by atoms with van der Waals surface area (Å²) < 4.78 is 0. The van der Waals surface area contributed by atoms with E-state index in [0.717, 1.165) is 41.4 Å². The molecule has 0 radical (unpaired) electrons. The van der Waals surface area contributed by atoms with Gasteiger partial charge in [-0.3, -0.25) is 4.99 Å². The van der Waals surface area contributed by atoms with Gasteiger partial charge >= 0.3 is 0 Å². The zero-order valence-electron chi connectivity index (χ0n) is 12.5. The molecule has 2 aromatic rings. The van der Waals surface area contributed by atoms with Crippen molar-refractivity contribution in [2.45, 2.75) is 0 Å². The summed E-state index contributed by atoms with van der Waals surface area (Å²) in [6, 6.07) is 5.48. The first kappa shape index (κ1) is 14.0. The van der Waals surface area contributed by atoms with Crippen molar-refractivity contribution < 1.29 is 0 Å². The highest BCUT2D eigenvalue weighted by atomic mass is 35.5. The lowest BCUT2D eigenvalue weighted by Gasteiger charge is -2.27. The molecule has 2 aliphatic heterocycles. The Morgan fingerprint density at radius 2 is 2.22 bits per heavy atom. The smallest absolute Gasteiger partial charge is 0.224 e. The van der Waals surface area contributed by atoms with Gasteiger partial charge in [0, 0.05) is 47.2 Å². The second kappa shape index (κ2) is 5.24. The number of nitrogens with one attached hydrogen (secondary N) is 1. The lowest BCUT2D eigenvalue weighted by Crippen LogP contribution is -2.32. The minimum Gasteiger partial charge on any atom is -0.399 e. The summed E-state index contributed by atoms with van der Waals surface area (Å²) in [5, 5.41) is 3.62. The molecule has 1 aromatic heterocycles. The van der Waals surface area contributed by atoms with Crippen LogP contribution in [0.15, 0.2) is 29.4 Å². The predicted octanol–water partition coefficient (Wildman–Crippen LogP) is 2.53. The molecule has 3 N–H and O–H groups in total. The number of aromatic nitrogens is 2. The van der Waals surface area contributed by atoms with Gasteiger partial charge in [0.25, 0.3) is 0 Å². The van der Waals surface area contributed by atoms with E-state index in [-0.39, 0.29) is 0 Å². The molecule has 0 spiro atoms. The van der Waals surface area contributed by atoms with E-state index >= 15 is 0 Å². The maximum absolute atomic E-state index is 6.38. The Balaban J connectivity index is 1.92. The van der Waals surface area contributed by atoms with Crippen molar-refractivity contribution in [3.8, 4) is 0 Å². The maximum Gasteiger partial charge on any atom is 0.224 e. The van der Waals surface area contributed by atoms with Gasteiger partial charge in [-0.15, -0.1) is 0 Å². The SMILES string of the molecule is CNc1ncc2c(n1)N1CCN=C1C(c1cc(N)ccc1Cl)=C2. The lowest BCUT2D eigenvalue weighted by atomic mass is 9.98. The molecular formula is C16H15ClN6. The number of nitrogen functional groups attached to an aromatic ring is 1. The summed E-state index contributed by atoms with van der Waals surface area (Å²) >= 11 is 6.38. The number of aliphatic imine (C=N–C) groups is 1. The Morgan fingerprint density at radius 3 is 3.04 bits per heavy atom. The van der Waals surface area contributed by atoms with E-state index in [1.54, 1.807) is 13.1 Å². The molecule has 0 saturated heterocycles. The molecule has 0 bridgehead atoms. The number of anilines is 3. The van der Waals surface area contributed by atoms with Crippen LogP contribution in [-0.2, 0) is 0 Å². The van der Waals surface area contributed by atoms with E-state index in [4.69, 9.17) is 17.3 Å². The summed E-state index contributed by atoms with van der Waals surface area (Å²) in [5.41, 5.74) is 9.37. The first-order valence-corrected chi connectivity index (χ1v) is 7.69. The van der Waals surface area contributed by atoms with Crippen LogP contribution >= 0.6 is 11.6 Å². The number of nitrogens with zero attached hydrogens (tertiary/aromatic N) is 4. The number of benzene rings is 1. The number of hydrogen-bond acceptors (Lipinski definition) is 6. The average molecular weight is 327 g/mol. The zero-order chi connectivity index (χ0) is 16.0. The molecule has 0 saturated carbocycles. The van der Waals surface area contributed by atoms with E-state index in [2.05, 4.69) is 25.2 Å². The van der Waals surface area contributed by atoms with Gasteiger partial charge in [-0.25, -0.2) is 4.98 Å². The molecular weight excluding hydrogens is 312 g/mol. The minimum atomic E-state index is 0.592. The van der Waals surface area contributed by atoms with E-state index < -0.39 is 0 Å². The van der Waals surface area contributed by atoms with Gasteiger partial charge in [0.2, 0.25) is 5.95 Å². The van der Waals surface area contributed by atoms with Crippen LogP contribution in [-0.4, -0.2) is 35.9 Å². The fourth-order valence-corrected chi connectivity index (χ4v) is 3.09. The van der Waals surface area contributed by atoms with Gasteiger partial charge in [-0.2, -0.15) is 4.98 Å². The van der Waals surface area contributed by atoms with Crippen LogP contribution in [0.1, 0.15) is 11.1 Å². The summed E-state index contributed by atoms with van der Waals surface area (Å²) in [5.74, 6) is 2.34. The standard InChI is InChI=1S/C16H15ClN6/c1-19-16-21-8-9-6-12(11-7-10(18)2-3-13(11)17)15-20-4-5-23(15)14(9)22-16/h2-3,6-8H,4-5,18H2,1H3,(H,19,21,22). The van der Waals surface area contributed by atoms with Gasteiger partial charge in [0.15, 0.2) is 0 Å². The fourth-order valence-electron chi connectivity index (χ4n) is 2.87. The van der Waals surface area contributed by atoms with E-state index in [9.17, 15) is 0 Å². The van der Waals surface area contributed by atoms with Crippen molar-refractivity contribution in [2.24, 2.45) is 4.99 Å². The quantitative estimate of drug-likeness (QED) is 0.829. The first-order chi connectivity index (χ1) is 11.2. The fraction of sp³-hybridized carbons (Fsp3) is 0.188. The molecule has 0 unspecified atom stereocenters. The molecule has 116 valence electrons. The number of halogens is 1. The molecule has 0 amide bonds. The molecule has 0 atom stereocenters. The maximum atomic E-state index is 6.38. The molecule has 0 fully saturated rings.